The number of hydrogen-bond donors (Lipinski definition) is 3. The number of nitrogens with one attached hydrogen (secondary N) is 3. The van der Waals surface area contributed by atoms with Gasteiger partial charge in [0.25, 0.3) is 0 Å². The van der Waals surface area contributed by atoms with Crippen LogP contribution in [0.4, 0.5) is 24.1 Å². The van der Waals surface area contributed by atoms with Crippen LogP contribution in [0.15, 0.2) is 48.7 Å². The van der Waals surface area contributed by atoms with Crippen molar-refractivity contribution >= 4 is 29.1 Å². The number of alkyl carbamates (subject to hydrolysis) is 1. The highest BCUT2D eigenvalue weighted by Gasteiger charge is 2.26. The molecule has 0 bridgehead atoms. The van der Waals surface area contributed by atoms with Crippen molar-refractivity contribution in [3.05, 3.63) is 70.9 Å². The summed E-state index contributed by atoms with van der Waals surface area (Å²) in [5, 5.41) is 9.01. The van der Waals surface area contributed by atoms with Crippen molar-refractivity contribution in [2.75, 3.05) is 5.32 Å². The first-order chi connectivity index (χ1) is 17.8. The molecule has 3 amide bonds. The zero-order valence-corrected chi connectivity index (χ0v) is 21.5. The van der Waals surface area contributed by atoms with E-state index in [0.717, 1.165) is 30.7 Å². The number of carbonyl (C=O) groups excluding carboxylic acids is 2. The zero-order valence-electron chi connectivity index (χ0n) is 20.7. The van der Waals surface area contributed by atoms with Crippen LogP contribution < -0.4 is 16.0 Å². The predicted molar refractivity (Wildman–Crippen MR) is 140 cm³/mol. The molecule has 7 nitrogen and oxygen atoms in total. The van der Waals surface area contributed by atoms with E-state index in [1.54, 1.807) is 36.5 Å². The highest BCUT2D eigenvalue weighted by molar-refractivity contribution is 7.15. The molecule has 4 rings (SSSR count). The van der Waals surface area contributed by atoms with E-state index in [9.17, 15) is 18.4 Å². The molecule has 1 heterocycles. The zero-order chi connectivity index (χ0) is 26.4. The Kier molecular flexibility index (Phi) is 8.70. The first kappa shape index (κ1) is 26.5. The van der Waals surface area contributed by atoms with Crippen LogP contribution in [-0.4, -0.2) is 29.3 Å². The number of aromatic nitrogens is 1. The lowest BCUT2D eigenvalue weighted by atomic mass is 9.86. The fourth-order valence-electron chi connectivity index (χ4n) is 4.29. The number of ether oxygens (including phenoxy) is 1. The molecule has 0 atom stereocenters. The van der Waals surface area contributed by atoms with Crippen molar-refractivity contribution in [1.82, 2.24) is 15.6 Å². The summed E-state index contributed by atoms with van der Waals surface area (Å²) in [4.78, 5) is 29.3. The predicted octanol–water partition coefficient (Wildman–Crippen LogP) is 6.57. The van der Waals surface area contributed by atoms with Crippen molar-refractivity contribution in [2.45, 2.75) is 64.1 Å². The number of rotatable bonds is 7. The summed E-state index contributed by atoms with van der Waals surface area (Å²) in [5.41, 5.74) is 1.06. The van der Waals surface area contributed by atoms with Gasteiger partial charge in [0, 0.05) is 41.5 Å². The van der Waals surface area contributed by atoms with Crippen LogP contribution in [0.2, 0.25) is 0 Å². The first-order valence-corrected chi connectivity index (χ1v) is 13.1. The SMILES string of the molecule is CC(C)OC(=O)N[C@H]1CC[C@H](c2ncc(-c3ccc(NC(=O)NCc4ccccc4F)cc3F)s2)CC1. The van der Waals surface area contributed by atoms with Crippen LogP contribution in [0.25, 0.3) is 10.4 Å². The third kappa shape index (κ3) is 7.25. The molecule has 1 saturated carbocycles. The largest absolute Gasteiger partial charge is 0.447 e. The Bertz CT molecular complexity index is 1240. The molecule has 3 aromatic rings. The number of anilines is 1. The normalized spacial score (nSPS) is 17.3. The van der Waals surface area contributed by atoms with Crippen LogP contribution in [0.1, 0.15) is 56.0 Å². The monoisotopic (exact) mass is 528 g/mol. The summed E-state index contributed by atoms with van der Waals surface area (Å²) in [5.74, 6) is -0.614. The van der Waals surface area contributed by atoms with Gasteiger partial charge >= 0.3 is 12.1 Å². The average Bonchev–Trinajstić information content (AvgIpc) is 3.33. The van der Waals surface area contributed by atoms with E-state index < -0.39 is 17.7 Å². The summed E-state index contributed by atoms with van der Waals surface area (Å²) in [6.45, 7) is 3.65. The summed E-state index contributed by atoms with van der Waals surface area (Å²) < 4.78 is 33.8. The van der Waals surface area contributed by atoms with E-state index in [2.05, 4.69) is 20.9 Å². The number of amides is 3. The lowest BCUT2D eigenvalue weighted by Crippen LogP contribution is -2.38. The number of carbonyl (C=O) groups is 2. The second kappa shape index (κ2) is 12.1. The van der Waals surface area contributed by atoms with Crippen LogP contribution >= 0.6 is 11.3 Å². The van der Waals surface area contributed by atoms with Crippen molar-refractivity contribution in [2.24, 2.45) is 0 Å². The van der Waals surface area contributed by atoms with Crippen LogP contribution in [0.5, 0.6) is 0 Å². The van der Waals surface area contributed by atoms with Crippen molar-refractivity contribution < 1.29 is 23.1 Å². The minimum atomic E-state index is -0.557. The molecule has 0 aliphatic heterocycles. The lowest BCUT2D eigenvalue weighted by Gasteiger charge is -2.28. The third-order valence-corrected chi connectivity index (χ3v) is 7.35. The van der Waals surface area contributed by atoms with Gasteiger partial charge in [-0.15, -0.1) is 11.3 Å². The van der Waals surface area contributed by atoms with Gasteiger partial charge in [0.05, 0.1) is 16.0 Å². The molecular weight excluding hydrogens is 498 g/mol. The van der Waals surface area contributed by atoms with Gasteiger partial charge in [-0.05, 0) is 63.8 Å². The Balaban J connectivity index is 1.30. The standard InChI is InChI=1S/C27H30F2N4O3S/c1-16(2)36-27(35)33-19-9-7-17(8-10-19)25-30-15-24(37-25)21-12-11-20(13-23(21)29)32-26(34)31-14-18-5-3-4-6-22(18)28/h3-6,11-13,15-17,19H,7-10,14H2,1-2H3,(H,33,35)(H2,31,32,34)/t17-,19-. The molecule has 0 radical (unpaired) electrons. The fraction of sp³-hybridized carbons (Fsp3) is 0.370. The molecule has 1 aliphatic carbocycles. The molecule has 3 N–H and O–H groups in total. The Morgan fingerprint density at radius 3 is 2.54 bits per heavy atom. The van der Waals surface area contributed by atoms with Gasteiger partial charge in [-0.25, -0.2) is 23.4 Å². The van der Waals surface area contributed by atoms with E-state index in [-0.39, 0.29) is 30.7 Å². The highest BCUT2D eigenvalue weighted by Crippen LogP contribution is 2.38. The van der Waals surface area contributed by atoms with E-state index >= 15 is 0 Å². The maximum absolute atomic E-state index is 14.9. The van der Waals surface area contributed by atoms with Crippen molar-refractivity contribution in [1.29, 1.82) is 0 Å². The highest BCUT2D eigenvalue weighted by atomic mass is 32.1. The van der Waals surface area contributed by atoms with E-state index in [4.69, 9.17) is 4.74 Å². The third-order valence-electron chi connectivity index (χ3n) is 6.15. The number of urea groups is 1. The molecule has 1 aliphatic rings. The number of halogens is 2. The minimum Gasteiger partial charge on any atom is -0.447 e. The topological polar surface area (TPSA) is 92.3 Å². The van der Waals surface area contributed by atoms with Crippen LogP contribution in [0, 0.1) is 11.6 Å². The van der Waals surface area contributed by atoms with Gasteiger partial charge < -0.3 is 20.7 Å². The van der Waals surface area contributed by atoms with Gasteiger partial charge in [-0.3, -0.25) is 0 Å². The molecule has 1 aromatic heterocycles. The summed E-state index contributed by atoms with van der Waals surface area (Å²) in [6, 6.07) is 10.2. The lowest BCUT2D eigenvalue weighted by molar-refractivity contribution is 0.109. The van der Waals surface area contributed by atoms with Gasteiger partial charge in [-0.1, -0.05) is 18.2 Å². The number of thiazole rings is 1. The van der Waals surface area contributed by atoms with Crippen LogP contribution in [-0.2, 0) is 11.3 Å². The van der Waals surface area contributed by atoms with Crippen molar-refractivity contribution in [3.8, 4) is 10.4 Å². The van der Waals surface area contributed by atoms with Gasteiger partial charge in [-0.2, -0.15) is 0 Å². The summed E-state index contributed by atoms with van der Waals surface area (Å²) >= 11 is 1.46. The first-order valence-electron chi connectivity index (χ1n) is 12.3. The average molecular weight is 529 g/mol. The summed E-state index contributed by atoms with van der Waals surface area (Å²) in [6.07, 6.45) is 4.57. The maximum atomic E-state index is 14.9. The molecular formula is C27H30F2N4O3S. The number of hydrogen-bond acceptors (Lipinski definition) is 5. The quantitative estimate of drug-likeness (QED) is 0.323. The Labute approximate surface area is 218 Å². The van der Waals surface area contributed by atoms with E-state index in [1.807, 2.05) is 13.8 Å². The molecule has 1 fully saturated rings. The number of nitrogens with zero attached hydrogens (tertiary/aromatic N) is 1. The second-order valence-corrected chi connectivity index (χ2v) is 10.4. The molecule has 2 aromatic carbocycles. The van der Waals surface area contributed by atoms with E-state index in [0.29, 0.717) is 21.7 Å². The Morgan fingerprint density at radius 1 is 1.08 bits per heavy atom. The Hall–Kier alpha value is -3.53. The van der Waals surface area contributed by atoms with Gasteiger partial charge in [0.1, 0.15) is 11.6 Å². The maximum Gasteiger partial charge on any atom is 0.407 e. The summed E-state index contributed by atoms with van der Waals surface area (Å²) in [7, 11) is 0. The molecule has 10 heteroatoms. The molecule has 0 unspecified atom stereocenters. The smallest absolute Gasteiger partial charge is 0.407 e. The molecule has 0 saturated heterocycles. The minimum absolute atomic E-state index is 0.0166. The number of benzene rings is 2. The van der Waals surface area contributed by atoms with Crippen molar-refractivity contribution in [3.63, 3.8) is 0 Å². The molecule has 0 spiro atoms. The Morgan fingerprint density at radius 2 is 1.84 bits per heavy atom. The molecule has 37 heavy (non-hydrogen) atoms. The van der Waals surface area contributed by atoms with Gasteiger partial charge in [0.15, 0.2) is 0 Å². The van der Waals surface area contributed by atoms with E-state index in [1.165, 1.54) is 23.5 Å². The fourth-order valence-corrected chi connectivity index (χ4v) is 5.40. The molecule has 196 valence electrons. The van der Waals surface area contributed by atoms with Crippen LogP contribution in [0.3, 0.4) is 0 Å². The van der Waals surface area contributed by atoms with Gasteiger partial charge in [0.2, 0.25) is 0 Å². The second-order valence-electron chi connectivity index (χ2n) is 9.30.